The summed E-state index contributed by atoms with van der Waals surface area (Å²) in [5, 5.41) is 2.79. The summed E-state index contributed by atoms with van der Waals surface area (Å²) in [6.07, 6.45) is 0.0503. The van der Waals surface area contributed by atoms with Crippen LogP contribution in [0.4, 0.5) is 5.69 Å². The minimum Gasteiger partial charge on any atom is -0.322 e. The van der Waals surface area contributed by atoms with Crippen molar-refractivity contribution < 1.29 is 14.4 Å². The zero-order valence-corrected chi connectivity index (χ0v) is 15.4. The summed E-state index contributed by atoms with van der Waals surface area (Å²) < 4.78 is 0. The Morgan fingerprint density at radius 2 is 1.65 bits per heavy atom. The largest absolute Gasteiger partial charge is 0.322 e. The van der Waals surface area contributed by atoms with Gasteiger partial charge in [0.25, 0.3) is 11.8 Å². The van der Waals surface area contributed by atoms with Crippen LogP contribution < -0.4 is 5.32 Å². The molecule has 0 spiro atoms. The molecule has 2 rings (SSSR count). The van der Waals surface area contributed by atoms with Crippen LogP contribution in [0.3, 0.4) is 0 Å². The van der Waals surface area contributed by atoms with E-state index in [4.69, 9.17) is 0 Å². The highest BCUT2D eigenvalue weighted by atomic mass is 16.2. The second-order valence-corrected chi connectivity index (χ2v) is 6.33. The van der Waals surface area contributed by atoms with Crippen LogP contribution in [0.2, 0.25) is 0 Å². The first kappa shape index (κ1) is 19.3. The van der Waals surface area contributed by atoms with Crippen molar-refractivity contribution in [1.82, 2.24) is 9.80 Å². The van der Waals surface area contributed by atoms with Gasteiger partial charge in [-0.15, -0.1) is 0 Å². The molecule has 0 aromatic heterocycles. The number of benzene rings is 2. The average Bonchev–Trinajstić information content (AvgIpc) is 2.62. The molecule has 1 N–H and O–H groups in total. The summed E-state index contributed by atoms with van der Waals surface area (Å²) in [6, 6.07) is 13.9. The lowest BCUT2D eigenvalue weighted by molar-refractivity contribution is -0.115. The van der Waals surface area contributed by atoms with Gasteiger partial charge < -0.3 is 10.2 Å². The highest BCUT2D eigenvalue weighted by Gasteiger charge is 2.22. The first-order valence-corrected chi connectivity index (χ1v) is 8.20. The van der Waals surface area contributed by atoms with E-state index in [1.54, 1.807) is 62.4 Å². The lowest BCUT2D eigenvalue weighted by Crippen LogP contribution is -2.47. The summed E-state index contributed by atoms with van der Waals surface area (Å²) in [5.74, 6) is -0.552. The van der Waals surface area contributed by atoms with Crippen LogP contribution in [0.1, 0.15) is 26.3 Å². The van der Waals surface area contributed by atoms with Gasteiger partial charge in [0.05, 0.1) is 0 Å². The Balaban J connectivity index is 2.16. The van der Waals surface area contributed by atoms with E-state index in [1.807, 2.05) is 19.1 Å². The van der Waals surface area contributed by atoms with E-state index in [-0.39, 0.29) is 11.8 Å². The smallest absolute Gasteiger partial charge is 0.255 e. The van der Waals surface area contributed by atoms with Gasteiger partial charge in [-0.1, -0.05) is 23.8 Å². The maximum Gasteiger partial charge on any atom is 0.255 e. The second kappa shape index (κ2) is 8.40. The van der Waals surface area contributed by atoms with Crippen LogP contribution in [0, 0.1) is 6.92 Å². The Bertz CT molecular complexity index is 800. The van der Waals surface area contributed by atoms with Crippen molar-refractivity contribution in [3.05, 3.63) is 65.2 Å². The number of nitrogens with zero attached hydrogens (tertiary/aromatic N) is 2. The van der Waals surface area contributed by atoms with Crippen LogP contribution >= 0.6 is 0 Å². The monoisotopic (exact) mass is 353 g/mol. The third kappa shape index (κ3) is 4.55. The molecule has 0 aliphatic carbocycles. The maximum absolute atomic E-state index is 12.6. The van der Waals surface area contributed by atoms with Crippen molar-refractivity contribution in [2.24, 2.45) is 0 Å². The molecule has 6 heteroatoms. The standard InChI is InChI=1S/C20H23N3O3/c1-14-8-10-15(11-9-14)19(25)21-17-7-5-6-16(12-17)20(26)23(4)18(13-24)22(2)3/h5-13,18H,1-4H3,(H,21,25). The van der Waals surface area contributed by atoms with Crippen LogP contribution in [0.15, 0.2) is 48.5 Å². The fraction of sp³-hybridized carbons (Fsp3) is 0.250. The summed E-state index contributed by atoms with van der Waals surface area (Å²) >= 11 is 0. The van der Waals surface area contributed by atoms with Crippen LogP contribution in [-0.4, -0.2) is 55.2 Å². The molecule has 2 amide bonds. The van der Waals surface area contributed by atoms with E-state index >= 15 is 0 Å². The molecule has 0 fully saturated rings. The number of nitrogens with one attached hydrogen (secondary N) is 1. The minimum atomic E-state index is -0.659. The van der Waals surface area contributed by atoms with Crippen molar-refractivity contribution in [3.8, 4) is 0 Å². The molecule has 0 saturated heterocycles. The van der Waals surface area contributed by atoms with Crippen LogP contribution in [0.25, 0.3) is 0 Å². The average molecular weight is 353 g/mol. The molecule has 26 heavy (non-hydrogen) atoms. The fourth-order valence-electron chi connectivity index (χ4n) is 2.52. The molecule has 1 unspecified atom stereocenters. The van der Waals surface area contributed by atoms with Crippen LogP contribution in [0.5, 0.6) is 0 Å². The molecule has 1 atom stereocenters. The predicted octanol–water partition coefficient (Wildman–Crippen LogP) is 2.41. The summed E-state index contributed by atoms with van der Waals surface area (Å²) in [7, 11) is 5.01. The van der Waals surface area contributed by atoms with Gasteiger partial charge in [-0.05, 0) is 51.4 Å². The third-order valence-electron chi connectivity index (χ3n) is 4.05. The van der Waals surface area contributed by atoms with Crippen molar-refractivity contribution in [3.63, 3.8) is 0 Å². The van der Waals surface area contributed by atoms with E-state index in [0.29, 0.717) is 23.1 Å². The molecule has 0 aliphatic rings. The number of aryl methyl sites for hydroxylation is 1. The highest BCUT2D eigenvalue weighted by Crippen LogP contribution is 2.15. The molecule has 0 bridgehead atoms. The number of aldehydes is 1. The molecule has 0 saturated carbocycles. The number of anilines is 1. The van der Waals surface area contributed by atoms with Crippen molar-refractivity contribution in [2.45, 2.75) is 13.1 Å². The summed E-state index contributed by atoms with van der Waals surface area (Å²) in [6.45, 7) is 1.95. The molecule has 2 aromatic carbocycles. The molecule has 2 aromatic rings. The van der Waals surface area contributed by atoms with Gasteiger partial charge in [0, 0.05) is 23.9 Å². The Morgan fingerprint density at radius 3 is 2.23 bits per heavy atom. The number of hydrogen-bond acceptors (Lipinski definition) is 4. The highest BCUT2D eigenvalue weighted by molar-refractivity contribution is 6.05. The van der Waals surface area contributed by atoms with E-state index in [0.717, 1.165) is 5.56 Å². The van der Waals surface area contributed by atoms with Gasteiger partial charge in [-0.25, -0.2) is 0 Å². The third-order valence-corrected chi connectivity index (χ3v) is 4.05. The van der Waals surface area contributed by atoms with Crippen molar-refractivity contribution >= 4 is 23.8 Å². The van der Waals surface area contributed by atoms with E-state index in [2.05, 4.69) is 5.32 Å². The first-order chi connectivity index (χ1) is 12.3. The van der Waals surface area contributed by atoms with Gasteiger partial charge in [-0.2, -0.15) is 0 Å². The number of carbonyl (C=O) groups is 3. The number of likely N-dealkylation sites (N-methyl/N-ethyl adjacent to an activating group) is 2. The van der Waals surface area contributed by atoms with Gasteiger partial charge >= 0.3 is 0 Å². The van der Waals surface area contributed by atoms with Gasteiger partial charge in [0.2, 0.25) is 0 Å². The van der Waals surface area contributed by atoms with Gasteiger partial charge in [0.15, 0.2) is 6.29 Å². The van der Waals surface area contributed by atoms with E-state index in [1.165, 1.54) is 4.90 Å². The normalized spacial score (nSPS) is 11.7. The quantitative estimate of drug-likeness (QED) is 0.640. The number of amides is 2. The minimum absolute atomic E-state index is 0.248. The molecule has 0 aliphatic heterocycles. The lowest BCUT2D eigenvalue weighted by Gasteiger charge is -2.28. The van der Waals surface area contributed by atoms with E-state index in [9.17, 15) is 14.4 Å². The lowest BCUT2D eigenvalue weighted by atomic mass is 10.1. The number of hydrogen-bond donors (Lipinski definition) is 1. The Labute approximate surface area is 153 Å². The van der Waals surface area contributed by atoms with Crippen LogP contribution in [-0.2, 0) is 4.79 Å². The molecule has 0 radical (unpaired) electrons. The SMILES string of the molecule is Cc1ccc(C(=O)Nc2cccc(C(=O)N(C)C(C=O)N(C)C)c2)cc1. The van der Waals surface area contributed by atoms with Crippen molar-refractivity contribution in [1.29, 1.82) is 0 Å². The van der Waals surface area contributed by atoms with E-state index < -0.39 is 6.17 Å². The number of rotatable bonds is 6. The first-order valence-electron chi connectivity index (χ1n) is 8.20. The Kier molecular flexibility index (Phi) is 6.25. The Morgan fingerprint density at radius 1 is 1.00 bits per heavy atom. The summed E-state index contributed by atoms with van der Waals surface area (Å²) in [4.78, 5) is 39.2. The van der Waals surface area contributed by atoms with Gasteiger partial charge in [-0.3, -0.25) is 19.3 Å². The Hall–Kier alpha value is -2.99. The zero-order chi connectivity index (χ0) is 19.3. The maximum atomic E-state index is 12.6. The summed E-state index contributed by atoms with van der Waals surface area (Å²) in [5.41, 5.74) is 2.52. The molecule has 6 nitrogen and oxygen atoms in total. The van der Waals surface area contributed by atoms with Gasteiger partial charge in [0.1, 0.15) is 6.17 Å². The molecule has 136 valence electrons. The predicted molar refractivity (Wildman–Crippen MR) is 101 cm³/mol. The molecule has 0 heterocycles. The fourth-order valence-corrected chi connectivity index (χ4v) is 2.52. The molecular formula is C20H23N3O3. The second-order valence-electron chi connectivity index (χ2n) is 6.33. The molecular weight excluding hydrogens is 330 g/mol. The van der Waals surface area contributed by atoms with Crippen molar-refractivity contribution in [2.75, 3.05) is 26.5 Å². The zero-order valence-electron chi connectivity index (χ0n) is 15.4. The number of carbonyl (C=O) groups excluding carboxylic acids is 3. The topological polar surface area (TPSA) is 69.7 Å².